The smallest absolute Gasteiger partial charge is 0.135 e. The Morgan fingerprint density at radius 3 is 2.04 bits per heavy atom. The van der Waals surface area contributed by atoms with E-state index in [9.17, 15) is 9.59 Å². The SMILES string of the molecule is COCCCC(CCN1CCC(=O)CC1)(OC)N1CCC(=O)CC1. The number of hydrogen-bond acceptors (Lipinski definition) is 6. The number of carbonyl (C=O) groups excluding carboxylic acids is 2. The number of ether oxygens (including phenoxy) is 2. The van der Waals surface area contributed by atoms with Crippen molar-refractivity contribution < 1.29 is 19.1 Å². The minimum absolute atomic E-state index is 0.333. The maximum Gasteiger partial charge on any atom is 0.135 e. The molecule has 0 spiro atoms. The summed E-state index contributed by atoms with van der Waals surface area (Å²) in [6, 6.07) is 0. The van der Waals surface area contributed by atoms with E-state index in [0.717, 1.165) is 58.6 Å². The van der Waals surface area contributed by atoms with Crippen LogP contribution in [0.3, 0.4) is 0 Å². The van der Waals surface area contributed by atoms with Crippen LogP contribution in [-0.2, 0) is 19.1 Å². The van der Waals surface area contributed by atoms with Gasteiger partial charge in [0.2, 0.25) is 0 Å². The molecule has 6 heteroatoms. The van der Waals surface area contributed by atoms with Crippen LogP contribution in [0, 0.1) is 0 Å². The lowest BCUT2D eigenvalue weighted by Gasteiger charge is -2.45. The van der Waals surface area contributed by atoms with Crippen LogP contribution in [0.2, 0.25) is 0 Å². The number of Topliss-reactive ketones (excluding diaryl/α,β-unsaturated/α-hetero) is 2. The van der Waals surface area contributed by atoms with Crippen LogP contribution in [-0.4, -0.2) is 80.6 Å². The maximum absolute atomic E-state index is 11.6. The van der Waals surface area contributed by atoms with E-state index in [1.165, 1.54) is 0 Å². The zero-order chi connectivity index (χ0) is 17.4. The minimum atomic E-state index is -0.333. The molecule has 0 aromatic rings. The fraction of sp³-hybridized carbons (Fsp3) is 0.889. The van der Waals surface area contributed by atoms with E-state index in [-0.39, 0.29) is 5.72 Å². The molecule has 0 amide bonds. The van der Waals surface area contributed by atoms with Crippen molar-refractivity contribution in [2.45, 2.75) is 50.7 Å². The van der Waals surface area contributed by atoms with Crippen LogP contribution in [0.1, 0.15) is 44.9 Å². The molecule has 0 saturated carbocycles. The molecule has 0 aromatic heterocycles. The summed E-state index contributed by atoms with van der Waals surface area (Å²) in [5.41, 5.74) is -0.333. The van der Waals surface area contributed by atoms with Crippen LogP contribution in [0.15, 0.2) is 0 Å². The molecule has 1 unspecified atom stereocenters. The van der Waals surface area contributed by atoms with E-state index < -0.39 is 0 Å². The molecule has 138 valence electrons. The third-order valence-corrected chi connectivity index (χ3v) is 5.43. The Labute approximate surface area is 145 Å². The zero-order valence-electron chi connectivity index (χ0n) is 15.2. The van der Waals surface area contributed by atoms with Crippen LogP contribution >= 0.6 is 0 Å². The number of nitrogens with zero attached hydrogens (tertiary/aromatic N) is 2. The van der Waals surface area contributed by atoms with Crippen molar-refractivity contribution in [2.24, 2.45) is 0 Å². The molecule has 0 radical (unpaired) electrons. The average molecular weight is 340 g/mol. The second-order valence-electron chi connectivity index (χ2n) is 6.90. The first-order valence-electron chi connectivity index (χ1n) is 9.14. The molecule has 2 aliphatic heterocycles. The first-order valence-corrected chi connectivity index (χ1v) is 9.14. The van der Waals surface area contributed by atoms with Gasteiger partial charge < -0.3 is 14.4 Å². The summed E-state index contributed by atoms with van der Waals surface area (Å²) >= 11 is 0. The molecular formula is C18H32N2O4. The normalized spacial score (nSPS) is 23.4. The van der Waals surface area contributed by atoms with E-state index in [2.05, 4.69) is 9.80 Å². The first kappa shape index (κ1) is 19.5. The second kappa shape index (κ2) is 9.61. The topological polar surface area (TPSA) is 59.1 Å². The molecule has 0 aliphatic carbocycles. The largest absolute Gasteiger partial charge is 0.385 e. The molecule has 0 aromatic carbocycles. The van der Waals surface area contributed by atoms with Gasteiger partial charge in [0, 0.05) is 85.7 Å². The summed E-state index contributed by atoms with van der Waals surface area (Å²) in [5, 5.41) is 0. The molecular weight excluding hydrogens is 308 g/mol. The van der Waals surface area contributed by atoms with Gasteiger partial charge in [-0.3, -0.25) is 14.5 Å². The van der Waals surface area contributed by atoms with Crippen LogP contribution in [0.5, 0.6) is 0 Å². The van der Waals surface area contributed by atoms with E-state index >= 15 is 0 Å². The van der Waals surface area contributed by atoms with Gasteiger partial charge in [-0.1, -0.05) is 0 Å². The number of piperidine rings is 2. The summed E-state index contributed by atoms with van der Waals surface area (Å²) in [5.74, 6) is 0.724. The third-order valence-electron chi connectivity index (χ3n) is 5.43. The van der Waals surface area contributed by atoms with Gasteiger partial charge in [-0.15, -0.1) is 0 Å². The van der Waals surface area contributed by atoms with Crippen molar-refractivity contribution in [1.82, 2.24) is 9.80 Å². The summed E-state index contributed by atoms with van der Waals surface area (Å²) < 4.78 is 11.3. The van der Waals surface area contributed by atoms with Gasteiger partial charge in [-0.2, -0.15) is 0 Å². The third kappa shape index (κ3) is 5.34. The Balaban J connectivity index is 1.97. The highest BCUT2D eigenvalue weighted by Crippen LogP contribution is 2.30. The quantitative estimate of drug-likeness (QED) is 0.593. The van der Waals surface area contributed by atoms with Crippen LogP contribution in [0.25, 0.3) is 0 Å². The van der Waals surface area contributed by atoms with Crippen LogP contribution in [0.4, 0.5) is 0 Å². The lowest BCUT2D eigenvalue weighted by Crippen LogP contribution is -2.55. The van der Waals surface area contributed by atoms with Crippen molar-refractivity contribution in [3.63, 3.8) is 0 Å². The molecule has 2 saturated heterocycles. The number of likely N-dealkylation sites (tertiary alicyclic amines) is 2. The Bertz CT molecular complexity index is 409. The van der Waals surface area contributed by atoms with E-state index in [1.54, 1.807) is 14.2 Å². The number of ketones is 2. The molecule has 2 fully saturated rings. The molecule has 6 nitrogen and oxygen atoms in total. The minimum Gasteiger partial charge on any atom is -0.385 e. The number of methoxy groups -OCH3 is 2. The van der Waals surface area contributed by atoms with Crippen molar-refractivity contribution in [3.05, 3.63) is 0 Å². The molecule has 0 bridgehead atoms. The summed E-state index contributed by atoms with van der Waals surface area (Å²) in [6.45, 7) is 4.91. The van der Waals surface area contributed by atoms with Crippen molar-refractivity contribution in [2.75, 3.05) is 53.6 Å². The number of rotatable bonds is 9. The van der Waals surface area contributed by atoms with Gasteiger partial charge in [-0.05, 0) is 12.8 Å². The Kier molecular flexibility index (Phi) is 7.81. The van der Waals surface area contributed by atoms with E-state index in [1.807, 2.05) is 0 Å². The van der Waals surface area contributed by atoms with Crippen molar-refractivity contribution >= 4 is 11.6 Å². The molecule has 2 heterocycles. The van der Waals surface area contributed by atoms with E-state index in [0.29, 0.717) is 37.2 Å². The van der Waals surface area contributed by atoms with Crippen molar-refractivity contribution in [3.8, 4) is 0 Å². The van der Waals surface area contributed by atoms with Gasteiger partial charge in [0.1, 0.15) is 17.3 Å². The lowest BCUT2D eigenvalue weighted by atomic mass is 9.96. The zero-order valence-corrected chi connectivity index (χ0v) is 15.2. The van der Waals surface area contributed by atoms with Gasteiger partial charge in [-0.25, -0.2) is 0 Å². The first-order chi connectivity index (χ1) is 11.6. The molecule has 1 atom stereocenters. The molecule has 0 N–H and O–H groups in total. The summed E-state index contributed by atoms with van der Waals surface area (Å²) in [6.07, 6.45) is 5.31. The fourth-order valence-electron chi connectivity index (χ4n) is 3.79. The molecule has 24 heavy (non-hydrogen) atoms. The highest BCUT2D eigenvalue weighted by Gasteiger charge is 2.38. The predicted molar refractivity (Wildman–Crippen MR) is 92.0 cm³/mol. The maximum atomic E-state index is 11.6. The van der Waals surface area contributed by atoms with Gasteiger partial charge in [0.05, 0.1) is 0 Å². The van der Waals surface area contributed by atoms with Gasteiger partial charge in [0.15, 0.2) is 0 Å². The average Bonchev–Trinajstić information content (AvgIpc) is 2.60. The predicted octanol–water partition coefficient (Wildman–Crippen LogP) is 1.48. The monoisotopic (exact) mass is 340 g/mol. The standard InChI is InChI=1S/C18H32N2O4/c1-23-15-3-8-18(24-2,20-12-6-17(22)7-13-20)9-14-19-10-4-16(21)5-11-19/h3-15H2,1-2H3. The second-order valence-corrected chi connectivity index (χ2v) is 6.90. The Morgan fingerprint density at radius 2 is 1.50 bits per heavy atom. The summed E-state index contributed by atoms with van der Waals surface area (Å²) in [7, 11) is 3.50. The number of hydrogen-bond donors (Lipinski definition) is 0. The van der Waals surface area contributed by atoms with Crippen LogP contribution < -0.4 is 0 Å². The fourth-order valence-corrected chi connectivity index (χ4v) is 3.79. The highest BCUT2D eigenvalue weighted by atomic mass is 16.5. The highest BCUT2D eigenvalue weighted by molar-refractivity contribution is 5.79. The summed E-state index contributed by atoms with van der Waals surface area (Å²) in [4.78, 5) is 27.7. The Morgan fingerprint density at radius 1 is 0.917 bits per heavy atom. The van der Waals surface area contributed by atoms with E-state index in [4.69, 9.17) is 9.47 Å². The molecule has 2 rings (SSSR count). The van der Waals surface area contributed by atoms with Gasteiger partial charge in [0.25, 0.3) is 0 Å². The lowest BCUT2D eigenvalue weighted by molar-refractivity contribution is -0.161. The van der Waals surface area contributed by atoms with Crippen molar-refractivity contribution in [1.29, 1.82) is 0 Å². The number of carbonyl (C=O) groups is 2. The molecule has 2 aliphatic rings. The Hall–Kier alpha value is -0.820. The van der Waals surface area contributed by atoms with Gasteiger partial charge >= 0.3 is 0 Å².